The van der Waals surface area contributed by atoms with Crippen molar-refractivity contribution in [3.8, 4) is 0 Å². The molecule has 3 rings (SSSR count). The molecule has 4 heteroatoms. The van der Waals surface area contributed by atoms with Crippen LogP contribution in [0.25, 0.3) is 0 Å². The van der Waals surface area contributed by atoms with Gasteiger partial charge in [-0.25, -0.2) is 4.79 Å². The zero-order valence-electron chi connectivity index (χ0n) is 14.5. The molecule has 0 heterocycles. The molecular weight excluding hydrogens is 324 g/mol. The summed E-state index contributed by atoms with van der Waals surface area (Å²) in [4.78, 5) is 23.8. The second kappa shape index (κ2) is 8.12. The van der Waals surface area contributed by atoms with Gasteiger partial charge in [0.15, 0.2) is 5.78 Å². The quantitative estimate of drug-likeness (QED) is 0.631. The van der Waals surface area contributed by atoms with Gasteiger partial charge in [0.2, 0.25) is 0 Å². The van der Waals surface area contributed by atoms with Gasteiger partial charge in [0.25, 0.3) is 0 Å². The first-order valence-corrected chi connectivity index (χ1v) is 8.42. The number of para-hydroxylation sites is 1. The highest BCUT2D eigenvalue weighted by Crippen LogP contribution is 2.20. The lowest BCUT2D eigenvalue weighted by molar-refractivity contribution is 0.101. The van der Waals surface area contributed by atoms with Crippen molar-refractivity contribution in [2.24, 2.45) is 0 Å². The smallest absolute Gasteiger partial charge is 0.308 e. The van der Waals surface area contributed by atoms with Gasteiger partial charge < -0.3 is 10.6 Å². The van der Waals surface area contributed by atoms with Crippen molar-refractivity contribution in [1.82, 2.24) is 0 Å². The van der Waals surface area contributed by atoms with Crippen LogP contribution in [0, 0.1) is 0 Å². The fourth-order valence-corrected chi connectivity index (χ4v) is 2.71. The summed E-state index contributed by atoms with van der Waals surface area (Å²) in [5.41, 5.74) is 4.11. The molecule has 4 nitrogen and oxygen atoms in total. The van der Waals surface area contributed by atoms with Gasteiger partial charge in [-0.2, -0.15) is 0 Å². The lowest BCUT2D eigenvalue weighted by atomic mass is 10.0. The number of hydrogen-bond acceptors (Lipinski definition) is 2. The highest BCUT2D eigenvalue weighted by atomic mass is 16.2. The Kier molecular flexibility index (Phi) is 5.44. The van der Waals surface area contributed by atoms with Crippen molar-refractivity contribution in [3.05, 3.63) is 95.6 Å². The van der Waals surface area contributed by atoms with Crippen molar-refractivity contribution in [2.75, 3.05) is 10.6 Å². The molecule has 0 aliphatic carbocycles. The van der Waals surface area contributed by atoms with E-state index in [0.717, 1.165) is 17.7 Å². The SMILES string of the molecule is CC(=O)c1cccc(NC(=O)Nc2ccccc2Cc2ccccc2)c1. The maximum atomic E-state index is 12.4. The van der Waals surface area contributed by atoms with Crippen molar-refractivity contribution in [2.45, 2.75) is 13.3 Å². The van der Waals surface area contributed by atoms with Crippen LogP contribution < -0.4 is 10.6 Å². The summed E-state index contributed by atoms with van der Waals surface area (Å²) < 4.78 is 0. The number of rotatable bonds is 5. The third-order valence-electron chi connectivity index (χ3n) is 4.03. The third-order valence-corrected chi connectivity index (χ3v) is 4.03. The van der Waals surface area contributed by atoms with Crippen LogP contribution in [0.15, 0.2) is 78.9 Å². The topological polar surface area (TPSA) is 58.2 Å². The van der Waals surface area contributed by atoms with E-state index in [2.05, 4.69) is 22.8 Å². The minimum absolute atomic E-state index is 0.0396. The highest BCUT2D eigenvalue weighted by molar-refractivity contribution is 6.01. The molecule has 0 aliphatic rings. The number of Topliss-reactive ketones (excluding diaryl/α,β-unsaturated/α-hetero) is 1. The Morgan fingerprint density at radius 1 is 0.808 bits per heavy atom. The average Bonchev–Trinajstić information content (AvgIpc) is 2.64. The number of carbonyl (C=O) groups excluding carboxylic acids is 2. The number of amides is 2. The van der Waals surface area contributed by atoms with Crippen LogP contribution in [0.3, 0.4) is 0 Å². The first-order chi connectivity index (χ1) is 12.6. The van der Waals surface area contributed by atoms with Gasteiger partial charge in [-0.1, -0.05) is 60.7 Å². The summed E-state index contributed by atoms with van der Waals surface area (Å²) in [6.45, 7) is 1.50. The number of benzene rings is 3. The van der Waals surface area contributed by atoms with E-state index in [1.54, 1.807) is 24.3 Å². The first kappa shape index (κ1) is 17.4. The number of urea groups is 1. The van der Waals surface area contributed by atoms with Crippen LogP contribution in [-0.4, -0.2) is 11.8 Å². The lowest BCUT2D eigenvalue weighted by Crippen LogP contribution is -2.20. The predicted molar refractivity (Wildman–Crippen MR) is 105 cm³/mol. The molecule has 130 valence electrons. The summed E-state index contributed by atoms with van der Waals surface area (Å²) in [7, 11) is 0. The van der Waals surface area contributed by atoms with Crippen molar-refractivity contribution in [3.63, 3.8) is 0 Å². The molecule has 0 spiro atoms. The van der Waals surface area contributed by atoms with E-state index in [1.807, 2.05) is 42.5 Å². The number of nitrogens with one attached hydrogen (secondary N) is 2. The lowest BCUT2D eigenvalue weighted by Gasteiger charge is -2.12. The summed E-state index contributed by atoms with van der Waals surface area (Å²) in [5, 5.41) is 5.67. The Morgan fingerprint density at radius 2 is 1.54 bits per heavy atom. The predicted octanol–water partition coefficient (Wildman–Crippen LogP) is 5.12. The van der Waals surface area contributed by atoms with Gasteiger partial charge in [0.1, 0.15) is 0 Å². The van der Waals surface area contributed by atoms with Gasteiger partial charge in [0.05, 0.1) is 0 Å². The Labute approximate surface area is 152 Å². The average molecular weight is 344 g/mol. The molecule has 3 aromatic rings. The number of carbonyl (C=O) groups is 2. The molecule has 0 aromatic heterocycles. The summed E-state index contributed by atoms with van der Waals surface area (Å²) in [6.07, 6.45) is 0.733. The fourth-order valence-electron chi connectivity index (χ4n) is 2.71. The van der Waals surface area contributed by atoms with Crippen LogP contribution in [0.1, 0.15) is 28.4 Å². The van der Waals surface area contributed by atoms with Gasteiger partial charge in [-0.15, -0.1) is 0 Å². The maximum absolute atomic E-state index is 12.4. The Balaban J connectivity index is 1.72. The fraction of sp³-hybridized carbons (Fsp3) is 0.0909. The normalized spacial score (nSPS) is 10.2. The maximum Gasteiger partial charge on any atom is 0.323 e. The van der Waals surface area contributed by atoms with Crippen molar-refractivity contribution in [1.29, 1.82) is 0 Å². The van der Waals surface area contributed by atoms with E-state index in [4.69, 9.17) is 0 Å². The molecular formula is C22H20N2O2. The zero-order chi connectivity index (χ0) is 18.4. The Hall–Kier alpha value is -3.40. The summed E-state index contributed by atoms with van der Waals surface area (Å²) in [5.74, 6) is -0.0396. The van der Waals surface area contributed by atoms with Crippen LogP contribution >= 0.6 is 0 Å². The van der Waals surface area contributed by atoms with Crippen LogP contribution in [0.4, 0.5) is 16.2 Å². The molecule has 26 heavy (non-hydrogen) atoms. The monoisotopic (exact) mass is 344 g/mol. The third kappa shape index (κ3) is 4.57. The molecule has 2 N–H and O–H groups in total. The molecule has 0 atom stereocenters. The molecule has 0 saturated carbocycles. The minimum atomic E-state index is -0.341. The molecule has 2 amide bonds. The van der Waals surface area contributed by atoms with E-state index in [0.29, 0.717) is 11.3 Å². The van der Waals surface area contributed by atoms with Crippen molar-refractivity contribution >= 4 is 23.2 Å². The largest absolute Gasteiger partial charge is 0.323 e. The summed E-state index contributed by atoms with van der Waals surface area (Å²) >= 11 is 0. The standard InChI is InChI=1S/C22H20N2O2/c1-16(25)18-11-7-12-20(15-18)23-22(26)24-21-13-6-5-10-19(21)14-17-8-3-2-4-9-17/h2-13,15H,14H2,1H3,(H2,23,24,26). The second-order valence-corrected chi connectivity index (χ2v) is 6.04. The summed E-state index contributed by atoms with van der Waals surface area (Å²) in [6, 6.07) is 24.4. The molecule has 0 unspecified atom stereocenters. The molecule has 3 aromatic carbocycles. The van der Waals surface area contributed by atoms with E-state index >= 15 is 0 Å². The number of hydrogen-bond donors (Lipinski definition) is 2. The van der Waals surface area contributed by atoms with E-state index in [9.17, 15) is 9.59 Å². The number of ketones is 1. The van der Waals surface area contributed by atoms with Crippen LogP contribution in [0.2, 0.25) is 0 Å². The van der Waals surface area contributed by atoms with Gasteiger partial charge in [0, 0.05) is 16.9 Å². The molecule has 0 aliphatic heterocycles. The van der Waals surface area contributed by atoms with E-state index in [-0.39, 0.29) is 11.8 Å². The molecule has 0 fully saturated rings. The van der Waals surface area contributed by atoms with Crippen LogP contribution in [0.5, 0.6) is 0 Å². The second-order valence-electron chi connectivity index (χ2n) is 6.04. The number of anilines is 2. The van der Waals surface area contributed by atoms with Gasteiger partial charge in [-0.3, -0.25) is 4.79 Å². The van der Waals surface area contributed by atoms with E-state index in [1.165, 1.54) is 12.5 Å². The zero-order valence-corrected chi connectivity index (χ0v) is 14.5. The van der Waals surface area contributed by atoms with Crippen LogP contribution in [-0.2, 0) is 6.42 Å². The Bertz CT molecular complexity index is 920. The first-order valence-electron chi connectivity index (χ1n) is 8.42. The van der Waals surface area contributed by atoms with Crippen molar-refractivity contribution < 1.29 is 9.59 Å². The van der Waals surface area contributed by atoms with Gasteiger partial charge >= 0.3 is 6.03 Å². The molecule has 0 bridgehead atoms. The van der Waals surface area contributed by atoms with Gasteiger partial charge in [-0.05, 0) is 42.7 Å². The minimum Gasteiger partial charge on any atom is -0.308 e. The molecule has 0 saturated heterocycles. The molecule has 0 radical (unpaired) electrons. The van der Waals surface area contributed by atoms with E-state index < -0.39 is 0 Å². The Morgan fingerprint density at radius 3 is 2.31 bits per heavy atom. The highest BCUT2D eigenvalue weighted by Gasteiger charge is 2.08.